The predicted octanol–water partition coefficient (Wildman–Crippen LogP) is 1.67. The van der Waals surface area contributed by atoms with Gasteiger partial charge in [0.25, 0.3) is 5.91 Å². The van der Waals surface area contributed by atoms with E-state index in [1.165, 1.54) is 0 Å². The standard InChI is InChI=1S/C18H23N5O2/c1-2-19-18(24)15-3-4-16(22-13-15)21-12-14-5-6-20-17(11-14)23-7-9-25-10-8-23/h3-6,11,13H,2,7-10,12H2,1H3,(H,19,24)(H,21,22). The molecule has 0 atom stereocenters. The molecule has 1 amide bonds. The summed E-state index contributed by atoms with van der Waals surface area (Å²) in [5, 5.41) is 6.03. The van der Waals surface area contributed by atoms with Crippen molar-refractivity contribution in [3.05, 3.63) is 47.8 Å². The number of pyridine rings is 2. The van der Waals surface area contributed by atoms with Crippen LogP contribution in [0.3, 0.4) is 0 Å². The quantitative estimate of drug-likeness (QED) is 0.832. The Labute approximate surface area is 147 Å². The van der Waals surface area contributed by atoms with Gasteiger partial charge in [-0.1, -0.05) is 0 Å². The summed E-state index contributed by atoms with van der Waals surface area (Å²) >= 11 is 0. The van der Waals surface area contributed by atoms with Crippen LogP contribution in [0.15, 0.2) is 36.7 Å². The molecule has 1 saturated heterocycles. The lowest BCUT2D eigenvalue weighted by atomic mass is 10.2. The Bertz CT molecular complexity index is 699. The first-order valence-corrected chi connectivity index (χ1v) is 8.52. The van der Waals surface area contributed by atoms with Crippen LogP contribution in [0.1, 0.15) is 22.8 Å². The summed E-state index contributed by atoms with van der Waals surface area (Å²) in [6, 6.07) is 7.65. The van der Waals surface area contributed by atoms with Gasteiger partial charge in [-0.15, -0.1) is 0 Å². The number of ether oxygens (including phenoxy) is 1. The third-order valence-corrected chi connectivity index (χ3v) is 3.98. The topological polar surface area (TPSA) is 79.4 Å². The number of aromatic nitrogens is 2. The van der Waals surface area contributed by atoms with Crippen LogP contribution in [-0.2, 0) is 11.3 Å². The van der Waals surface area contributed by atoms with Gasteiger partial charge in [-0.25, -0.2) is 9.97 Å². The fraction of sp³-hybridized carbons (Fsp3) is 0.389. The average Bonchev–Trinajstić information content (AvgIpc) is 2.68. The molecule has 0 spiro atoms. The monoisotopic (exact) mass is 341 g/mol. The summed E-state index contributed by atoms with van der Waals surface area (Å²) in [4.78, 5) is 22.7. The van der Waals surface area contributed by atoms with Crippen LogP contribution in [0.5, 0.6) is 0 Å². The third-order valence-electron chi connectivity index (χ3n) is 3.98. The fourth-order valence-electron chi connectivity index (χ4n) is 2.62. The molecule has 0 bridgehead atoms. The zero-order chi connectivity index (χ0) is 17.5. The summed E-state index contributed by atoms with van der Waals surface area (Å²) in [6.45, 7) is 6.36. The number of hydrogen-bond donors (Lipinski definition) is 2. The second-order valence-corrected chi connectivity index (χ2v) is 5.77. The number of hydrogen-bond acceptors (Lipinski definition) is 6. The van der Waals surface area contributed by atoms with Gasteiger partial charge in [0, 0.05) is 38.6 Å². The number of amides is 1. The number of nitrogens with one attached hydrogen (secondary N) is 2. The van der Waals surface area contributed by atoms with Crippen LogP contribution in [0.25, 0.3) is 0 Å². The van der Waals surface area contributed by atoms with Crippen molar-refractivity contribution >= 4 is 17.5 Å². The Morgan fingerprint density at radius 2 is 2.08 bits per heavy atom. The van der Waals surface area contributed by atoms with Crippen LogP contribution >= 0.6 is 0 Å². The van der Waals surface area contributed by atoms with Crippen molar-refractivity contribution in [1.82, 2.24) is 15.3 Å². The first-order valence-electron chi connectivity index (χ1n) is 8.52. The number of morpholine rings is 1. The van der Waals surface area contributed by atoms with E-state index < -0.39 is 0 Å². The van der Waals surface area contributed by atoms with Gasteiger partial charge in [0.15, 0.2) is 0 Å². The van der Waals surface area contributed by atoms with Crippen LogP contribution < -0.4 is 15.5 Å². The number of rotatable bonds is 6. The lowest BCUT2D eigenvalue weighted by molar-refractivity contribution is 0.0955. The maximum Gasteiger partial charge on any atom is 0.252 e. The lowest BCUT2D eigenvalue weighted by Gasteiger charge is -2.28. The minimum atomic E-state index is -0.106. The van der Waals surface area contributed by atoms with Gasteiger partial charge < -0.3 is 20.3 Å². The second-order valence-electron chi connectivity index (χ2n) is 5.77. The molecule has 1 aliphatic rings. The molecule has 3 rings (SSSR count). The van der Waals surface area contributed by atoms with Crippen molar-refractivity contribution in [3.63, 3.8) is 0 Å². The molecule has 2 aromatic rings. The summed E-state index contributed by atoms with van der Waals surface area (Å²) in [5.41, 5.74) is 1.69. The van der Waals surface area contributed by atoms with E-state index >= 15 is 0 Å². The van der Waals surface area contributed by atoms with Crippen LogP contribution in [0, 0.1) is 0 Å². The van der Waals surface area contributed by atoms with Gasteiger partial charge in [0.2, 0.25) is 0 Å². The molecular formula is C18H23N5O2. The van der Waals surface area contributed by atoms with Gasteiger partial charge in [-0.3, -0.25) is 4.79 Å². The van der Waals surface area contributed by atoms with Gasteiger partial charge in [0.05, 0.1) is 18.8 Å². The highest BCUT2D eigenvalue weighted by Crippen LogP contribution is 2.15. The zero-order valence-electron chi connectivity index (χ0n) is 14.4. The summed E-state index contributed by atoms with van der Waals surface area (Å²) < 4.78 is 5.38. The molecule has 0 saturated carbocycles. The Morgan fingerprint density at radius 1 is 1.24 bits per heavy atom. The normalized spacial score (nSPS) is 14.2. The Hall–Kier alpha value is -2.67. The Morgan fingerprint density at radius 3 is 2.80 bits per heavy atom. The molecule has 3 heterocycles. The molecule has 7 nitrogen and oxygen atoms in total. The van der Waals surface area contributed by atoms with E-state index in [-0.39, 0.29) is 5.91 Å². The first-order chi connectivity index (χ1) is 12.3. The Kier molecular flexibility index (Phi) is 5.79. The number of carbonyl (C=O) groups is 1. The number of anilines is 2. The third kappa shape index (κ3) is 4.67. The smallest absolute Gasteiger partial charge is 0.252 e. The van der Waals surface area contributed by atoms with Crippen molar-refractivity contribution in [2.75, 3.05) is 43.1 Å². The highest BCUT2D eigenvalue weighted by Gasteiger charge is 2.12. The van der Waals surface area contributed by atoms with Crippen molar-refractivity contribution < 1.29 is 9.53 Å². The summed E-state index contributed by atoms with van der Waals surface area (Å²) in [7, 11) is 0. The fourth-order valence-corrected chi connectivity index (χ4v) is 2.62. The van der Waals surface area contributed by atoms with Crippen LogP contribution in [0.2, 0.25) is 0 Å². The van der Waals surface area contributed by atoms with Gasteiger partial charge >= 0.3 is 0 Å². The molecule has 0 aliphatic carbocycles. The van der Waals surface area contributed by atoms with E-state index in [2.05, 4.69) is 31.6 Å². The molecule has 2 N–H and O–H groups in total. The van der Waals surface area contributed by atoms with Gasteiger partial charge in [-0.2, -0.15) is 0 Å². The predicted molar refractivity (Wildman–Crippen MR) is 96.8 cm³/mol. The molecule has 7 heteroatoms. The summed E-state index contributed by atoms with van der Waals surface area (Å²) in [6.07, 6.45) is 3.41. The maximum absolute atomic E-state index is 11.7. The molecule has 1 fully saturated rings. The van der Waals surface area contributed by atoms with Gasteiger partial charge in [-0.05, 0) is 36.8 Å². The minimum Gasteiger partial charge on any atom is -0.378 e. The lowest BCUT2D eigenvalue weighted by Crippen LogP contribution is -2.36. The highest BCUT2D eigenvalue weighted by molar-refractivity contribution is 5.93. The SMILES string of the molecule is CCNC(=O)c1ccc(NCc2ccnc(N3CCOCC3)c2)nc1. The van der Waals surface area contributed by atoms with E-state index in [0.29, 0.717) is 18.7 Å². The minimum absolute atomic E-state index is 0.106. The maximum atomic E-state index is 11.7. The highest BCUT2D eigenvalue weighted by atomic mass is 16.5. The molecule has 132 valence electrons. The van der Waals surface area contributed by atoms with E-state index in [4.69, 9.17) is 4.74 Å². The number of nitrogens with zero attached hydrogens (tertiary/aromatic N) is 3. The van der Waals surface area contributed by atoms with E-state index in [0.717, 1.165) is 43.5 Å². The van der Waals surface area contributed by atoms with E-state index in [1.54, 1.807) is 12.3 Å². The number of carbonyl (C=O) groups excluding carboxylic acids is 1. The van der Waals surface area contributed by atoms with Crippen molar-refractivity contribution in [2.45, 2.75) is 13.5 Å². The van der Waals surface area contributed by atoms with E-state index in [1.807, 2.05) is 25.3 Å². The first kappa shape index (κ1) is 17.2. The van der Waals surface area contributed by atoms with Crippen molar-refractivity contribution in [2.24, 2.45) is 0 Å². The average molecular weight is 341 g/mol. The molecule has 25 heavy (non-hydrogen) atoms. The van der Waals surface area contributed by atoms with Crippen LogP contribution in [-0.4, -0.2) is 48.7 Å². The van der Waals surface area contributed by atoms with Crippen LogP contribution in [0.4, 0.5) is 11.6 Å². The second kappa shape index (κ2) is 8.43. The van der Waals surface area contributed by atoms with Crippen molar-refractivity contribution in [1.29, 1.82) is 0 Å². The molecule has 0 radical (unpaired) electrons. The molecule has 1 aliphatic heterocycles. The molecular weight excluding hydrogens is 318 g/mol. The summed E-state index contributed by atoms with van der Waals surface area (Å²) in [5.74, 6) is 1.60. The molecule has 2 aromatic heterocycles. The Balaban J connectivity index is 1.58. The van der Waals surface area contributed by atoms with E-state index in [9.17, 15) is 4.79 Å². The zero-order valence-corrected chi connectivity index (χ0v) is 14.4. The largest absolute Gasteiger partial charge is 0.378 e. The van der Waals surface area contributed by atoms with Gasteiger partial charge in [0.1, 0.15) is 11.6 Å². The molecule has 0 aromatic carbocycles. The molecule has 0 unspecified atom stereocenters. The van der Waals surface area contributed by atoms with Crippen molar-refractivity contribution in [3.8, 4) is 0 Å².